The van der Waals surface area contributed by atoms with Gasteiger partial charge in [0.15, 0.2) is 6.79 Å². The fourth-order valence-electron chi connectivity index (χ4n) is 9.94. The molecule has 2 aromatic carbocycles. The summed E-state index contributed by atoms with van der Waals surface area (Å²) in [5, 5.41) is 0. The van der Waals surface area contributed by atoms with Gasteiger partial charge in [0, 0.05) is 23.7 Å². The number of methoxy groups -OCH3 is 1. The fourth-order valence-corrected chi connectivity index (χ4v) is 9.94. The highest BCUT2D eigenvalue weighted by molar-refractivity contribution is 6.63. The summed E-state index contributed by atoms with van der Waals surface area (Å²) in [7, 11) is 1.26. The molecule has 4 aliphatic carbocycles. The minimum Gasteiger partial charge on any atom is -0.467 e. The topological polar surface area (TPSA) is 36.9 Å². The highest BCUT2D eigenvalue weighted by Crippen LogP contribution is 2.74. The number of ether oxygens (including phenoxy) is 2. The van der Waals surface area contributed by atoms with Crippen molar-refractivity contribution >= 4 is 12.6 Å². The van der Waals surface area contributed by atoms with Gasteiger partial charge in [0.05, 0.1) is 11.2 Å². The molecule has 7 rings (SSSR count). The molecule has 5 heteroatoms. The van der Waals surface area contributed by atoms with Crippen molar-refractivity contribution in [2.24, 2.45) is 16.2 Å². The molecule has 0 amide bonds. The van der Waals surface area contributed by atoms with E-state index < -0.39 is 18.3 Å². The van der Waals surface area contributed by atoms with Gasteiger partial charge in [-0.3, -0.25) is 0 Å². The average molecular weight is 517 g/mol. The van der Waals surface area contributed by atoms with Gasteiger partial charge in [-0.15, -0.1) is 0 Å². The third kappa shape index (κ3) is 4.07. The minimum atomic E-state index is -0.439. The molecule has 5 fully saturated rings. The zero-order valence-corrected chi connectivity index (χ0v) is 24.7. The molecule has 204 valence electrons. The zero-order chi connectivity index (χ0) is 27.2. The lowest BCUT2D eigenvalue weighted by molar-refractivity contribution is -0.152. The third-order valence-corrected chi connectivity index (χ3v) is 10.5. The molecule has 0 radical (unpaired) electrons. The molecule has 4 saturated carbocycles. The Labute approximate surface area is 229 Å². The summed E-state index contributed by atoms with van der Waals surface area (Å²) in [5.74, 6) is 0.969. The van der Waals surface area contributed by atoms with Crippen molar-refractivity contribution in [3.05, 3.63) is 48.0 Å². The average Bonchev–Trinajstić information content (AvgIpc) is 3.01. The van der Waals surface area contributed by atoms with Crippen molar-refractivity contribution in [3.63, 3.8) is 0 Å². The fraction of sp³-hybridized carbons (Fsp3) is 0.636. The van der Waals surface area contributed by atoms with Crippen molar-refractivity contribution in [2.45, 2.75) is 104 Å². The molecule has 4 nitrogen and oxygen atoms in total. The van der Waals surface area contributed by atoms with E-state index in [2.05, 4.69) is 90.9 Å². The number of para-hydroxylation sites is 1. The van der Waals surface area contributed by atoms with E-state index in [0.717, 1.165) is 22.3 Å². The minimum absolute atomic E-state index is 0.116. The van der Waals surface area contributed by atoms with Gasteiger partial charge in [-0.25, -0.2) is 0 Å². The maximum atomic E-state index is 6.56. The largest absolute Gasteiger partial charge is 0.495 e. The second-order valence-corrected chi connectivity index (χ2v) is 15.2. The molecule has 0 unspecified atom stereocenters. The number of rotatable bonds is 6. The highest BCUT2D eigenvalue weighted by atomic mass is 16.7. The van der Waals surface area contributed by atoms with Crippen LogP contribution in [0.15, 0.2) is 42.5 Å². The van der Waals surface area contributed by atoms with Gasteiger partial charge in [0.1, 0.15) is 5.75 Å². The van der Waals surface area contributed by atoms with Crippen LogP contribution in [0.5, 0.6) is 5.75 Å². The summed E-state index contributed by atoms with van der Waals surface area (Å²) >= 11 is 0. The molecule has 0 spiro atoms. The Kier molecular flexibility index (Phi) is 5.80. The molecule has 2 aromatic rings. The second kappa shape index (κ2) is 8.35. The van der Waals surface area contributed by atoms with Crippen molar-refractivity contribution in [2.75, 3.05) is 13.9 Å². The van der Waals surface area contributed by atoms with Crippen LogP contribution in [0.1, 0.15) is 92.6 Å². The number of hydrogen-bond acceptors (Lipinski definition) is 4. The van der Waals surface area contributed by atoms with Crippen LogP contribution in [0.2, 0.25) is 0 Å². The van der Waals surface area contributed by atoms with E-state index in [4.69, 9.17) is 18.8 Å². The molecule has 1 saturated heterocycles. The molecule has 5 aliphatic rings. The molecule has 1 heterocycles. The molecular formula is C33H45BO4. The van der Waals surface area contributed by atoms with Crippen LogP contribution in [0, 0.1) is 16.2 Å². The predicted octanol–water partition coefficient (Wildman–Crippen LogP) is 7.27. The van der Waals surface area contributed by atoms with Gasteiger partial charge in [0.2, 0.25) is 0 Å². The van der Waals surface area contributed by atoms with Gasteiger partial charge in [-0.05, 0) is 93.5 Å². The normalized spacial score (nSPS) is 36.6. The maximum absolute atomic E-state index is 6.56. The van der Waals surface area contributed by atoms with Gasteiger partial charge in [-0.1, -0.05) is 63.2 Å². The molecule has 0 aromatic heterocycles. The Bertz CT molecular complexity index is 1180. The molecular weight excluding hydrogens is 471 g/mol. The summed E-state index contributed by atoms with van der Waals surface area (Å²) in [6, 6.07) is 15.3. The van der Waals surface area contributed by atoms with Crippen LogP contribution in [0.3, 0.4) is 0 Å². The van der Waals surface area contributed by atoms with E-state index in [9.17, 15) is 0 Å². The second-order valence-electron chi connectivity index (χ2n) is 15.2. The van der Waals surface area contributed by atoms with Crippen LogP contribution in [-0.2, 0) is 19.5 Å². The van der Waals surface area contributed by atoms with Gasteiger partial charge >= 0.3 is 7.12 Å². The van der Waals surface area contributed by atoms with Crippen LogP contribution in [-0.4, -0.2) is 32.2 Å². The monoisotopic (exact) mass is 516 g/mol. The first kappa shape index (κ1) is 26.4. The third-order valence-electron chi connectivity index (χ3n) is 10.5. The van der Waals surface area contributed by atoms with E-state index in [0.29, 0.717) is 16.2 Å². The van der Waals surface area contributed by atoms with Crippen LogP contribution < -0.4 is 10.2 Å². The van der Waals surface area contributed by atoms with E-state index in [1.807, 2.05) is 0 Å². The van der Waals surface area contributed by atoms with Crippen LogP contribution in [0.4, 0.5) is 0 Å². The predicted molar refractivity (Wildman–Crippen MR) is 154 cm³/mol. The van der Waals surface area contributed by atoms with Gasteiger partial charge < -0.3 is 18.8 Å². The summed E-state index contributed by atoms with van der Waals surface area (Å²) in [5.41, 5.74) is 5.07. The summed E-state index contributed by atoms with van der Waals surface area (Å²) in [4.78, 5) is 0. The van der Waals surface area contributed by atoms with E-state index in [-0.39, 0.29) is 12.2 Å². The lowest BCUT2D eigenvalue weighted by Gasteiger charge is -2.69. The highest BCUT2D eigenvalue weighted by Gasteiger charge is 2.65. The van der Waals surface area contributed by atoms with Crippen LogP contribution >= 0.6 is 0 Å². The van der Waals surface area contributed by atoms with Crippen molar-refractivity contribution in [3.8, 4) is 16.9 Å². The lowest BCUT2D eigenvalue weighted by Crippen LogP contribution is -2.60. The Morgan fingerprint density at radius 2 is 1.21 bits per heavy atom. The van der Waals surface area contributed by atoms with E-state index >= 15 is 0 Å². The first-order valence-corrected chi connectivity index (χ1v) is 14.4. The molecule has 38 heavy (non-hydrogen) atoms. The summed E-state index contributed by atoms with van der Waals surface area (Å²) in [6.07, 6.45) is 7.73. The molecule has 4 bridgehead atoms. The first-order valence-electron chi connectivity index (χ1n) is 14.4. The smallest absolute Gasteiger partial charge is 0.467 e. The molecule has 1 aliphatic heterocycles. The Morgan fingerprint density at radius 3 is 1.76 bits per heavy atom. The molecule has 0 N–H and O–H groups in total. The van der Waals surface area contributed by atoms with E-state index in [1.165, 1.54) is 44.1 Å². The lowest BCUT2D eigenvalue weighted by atomic mass is 9.35. The first-order chi connectivity index (χ1) is 17.7. The van der Waals surface area contributed by atoms with Crippen molar-refractivity contribution < 1.29 is 18.8 Å². The van der Waals surface area contributed by atoms with Gasteiger partial charge in [0.25, 0.3) is 0 Å². The maximum Gasteiger partial charge on any atom is 0.495 e. The zero-order valence-electron chi connectivity index (χ0n) is 24.7. The van der Waals surface area contributed by atoms with Crippen LogP contribution in [0.25, 0.3) is 11.1 Å². The van der Waals surface area contributed by atoms with Crippen molar-refractivity contribution in [1.29, 1.82) is 0 Å². The molecule has 0 atom stereocenters. The van der Waals surface area contributed by atoms with Crippen molar-refractivity contribution in [1.82, 2.24) is 0 Å². The Morgan fingerprint density at radius 1 is 0.684 bits per heavy atom. The Hall–Kier alpha value is -1.82. The number of hydrogen-bond donors (Lipinski definition) is 0. The Balaban J connectivity index is 1.49. The number of benzene rings is 2. The van der Waals surface area contributed by atoms with E-state index in [1.54, 1.807) is 7.11 Å². The quantitative estimate of drug-likeness (QED) is 0.299. The summed E-state index contributed by atoms with van der Waals surface area (Å²) in [6.45, 7) is 16.3. The van der Waals surface area contributed by atoms with Gasteiger partial charge in [-0.2, -0.15) is 0 Å². The standard InChI is InChI=1S/C33H45BO4/c1-28(2)29(3,4)38-34(37-28)26-15-10-9-12-23(26)24-13-11-14-25(27(24)36-22-35-8)33-19-30(5)16-31(6,20-33)18-32(7,17-30)21-33/h9-15H,16-22H2,1-8H3. The SMILES string of the molecule is COCOc1c(-c2ccccc2B2OC(C)(C)C(C)(C)O2)cccc1C12CC3(C)CC(C)(CC(C)(C3)C1)C2. The summed E-state index contributed by atoms with van der Waals surface area (Å²) < 4.78 is 25.1.